The lowest BCUT2D eigenvalue weighted by atomic mass is 10.1. The zero-order chi connectivity index (χ0) is 16.4. The quantitative estimate of drug-likeness (QED) is 0.698. The third-order valence-corrected chi connectivity index (χ3v) is 4.61. The molecule has 0 unspecified atom stereocenters. The molecule has 1 aromatic heterocycles. The second-order valence-electron chi connectivity index (χ2n) is 5.21. The van der Waals surface area contributed by atoms with Crippen LogP contribution in [-0.4, -0.2) is 10.9 Å². The van der Waals surface area contributed by atoms with Gasteiger partial charge in [0.25, 0.3) is 5.91 Å². The molecule has 0 aliphatic heterocycles. The molecule has 0 radical (unpaired) electrons. The van der Waals surface area contributed by atoms with E-state index in [1.807, 2.05) is 43.5 Å². The van der Waals surface area contributed by atoms with Crippen LogP contribution in [0.5, 0.6) is 0 Å². The number of benzene rings is 2. The SMILES string of the molecule is Cc1nc(-c2ccc(C(=O)Nc3c(C)cccc3Cl)cc2)cs1. The highest BCUT2D eigenvalue weighted by Crippen LogP contribution is 2.26. The van der Waals surface area contributed by atoms with Gasteiger partial charge in [0.15, 0.2) is 0 Å². The number of carbonyl (C=O) groups is 1. The van der Waals surface area contributed by atoms with Crippen LogP contribution in [0.4, 0.5) is 5.69 Å². The molecule has 3 rings (SSSR count). The molecule has 5 heteroatoms. The van der Waals surface area contributed by atoms with Crippen LogP contribution in [0.25, 0.3) is 11.3 Å². The van der Waals surface area contributed by atoms with Gasteiger partial charge in [-0.05, 0) is 37.6 Å². The van der Waals surface area contributed by atoms with Crippen molar-refractivity contribution in [3.63, 3.8) is 0 Å². The van der Waals surface area contributed by atoms with Crippen LogP contribution in [0.2, 0.25) is 5.02 Å². The molecule has 2 aromatic carbocycles. The predicted molar refractivity (Wildman–Crippen MR) is 96.4 cm³/mol. The monoisotopic (exact) mass is 342 g/mol. The molecular formula is C18H15ClN2OS. The zero-order valence-corrected chi connectivity index (χ0v) is 14.3. The maximum Gasteiger partial charge on any atom is 0.255 e. The van der Waals surface area contributed by atoms with Gasteiger partial charge in [-0.2, -0.15) is 0 Å². The molecule has 0 fully saturated rings. The maximum atomic E-state index is 12.4. The molecular weight excluding hydrogens is 328 g/mol. The Hall–Kier alpha value is -2.17. The number of nitrogens with one attached hydrogen (secondary N) is 1. The predicted octanol–water partition coefficient (Wildman–Crippen LogP) is 5.33. The Labute approximate surface area is 144 Å². The summed E-state index contributed by atoms with van der Waals surface area (Å²) in [6.07, 6.45) is 0. The van der Waals surface area contributed by atoms with Gasteiger partial charge in [0.1, 0.15) is 0 Å². The van der Waals surface area contributed by atoms with Gasteiger partial charge in [-0.15, -0.1) is 11.3 Å². The van der Waals surface area contributed by atoms with Crippen LogP contribution < -0.4 is 5.32 Å². The molecule has 3 aromatic rings. The van der Waals surface area contributed by atoms with Crippen molar-refractivity contribution in [1.82, 2.24) is 4.98 Å². The Bertz CT molecular complexity index is 835. The van der Waals surface area contributed by atoms with E-state index >= 15 is 0 Å². The first-order chi connectivity index (χ1) is 11.0. The van der Waals surface area contributed by atoms with Crippen LogP contribution >= 0.6 is 22.9 Å². The fraction of sp³-hybridized carbons (Fsp3) is 0.111. The number of thiazole rings is 1. The van der Waals surface area contributed by atoms with Gasteiger partial charge in [0.2, 0.25) is 0 Å². The van der Waals surface area contributed by atoms with Crippen molar-refractivity contribution in [3.05, 3.63) is 69.0 Å². The topological polar surface area (TPSA) is 42.0 Å². The van der Waals surface area contributed by atoms with Crippen molar-refractivity contribution in [1.29, 1.82) is 0 Å². The Morgan fingerprint density at radius 2 is 1.87 bits per heavy atom. The maximum absolute atomic E-state index is 12.4. The molecule has 0 aliphatic rings. The van der Waals surface area contributed by atoms with E-state index in [0.29, 0.717) is 16.3 Å². The van der Waals surface area contributed by atoms with Gasteiger partial charge < -0.3 is 5.32 Å². The van der Waals surface area contributed by atoms with E-state index in [-0.39, 0.29) is 5.91 Å². The first-order valence-electron chi connectivity index (χ1n) is 7.13. The Morgan fingerprint density at radius 3 is 2.48 bits per heavy atom. The summed E-state index contributed by atoms with van der Waals surface area (Å²) in [4.78, 5) is 16.8. The summed E-state index contributed by atoms with van der Waals surface area (Å²) < 4.78 is 0. The average Bonchev–Trinajstić information content (AvgIpc) is 2.97. The molecule has 0 spiro atoms. The molecule has 0 atom stereocenters. The summed E-state index contributed by atoms with van der Waals surface area (Å²) in [5.74, 6) is -0.179. The molecule has 0 saturated heterocycles. The van der Waals surface area contributed by atoms with E-state index in [1.165, 1.54) is 0 Å². The van der Waals surface area contributed by atoms with E-state index in [4.69, 9.17) is 11.6 Å². The number of anilines is 1. The van der Waals surface area contributed by atoms with Crippen molar-refractivity contribution in [2.45, 2.75) is 13.8 Å². The average molecular weight is 343 g/mol. The third-order valence-electron chi connectivity index (χ3n) is 3.52. The van der Waals surface area contributed by atoms with E-state index in [2.05, 4.69) is 10.3 Å². The number of hydrogen-bond donors (Lipinski definition) is 1. The molecule has 23 heavy (non-hydrogen) atoms. The lowest BCUT2D eigenvalue weighted by Crippen LogP contribution is -2.13. The van der Waals surface area contributed by atoms with Crippen molar-refractivity contribution in [2.24, 2.45) is 0 Å². The van der Waals surface area contributed by atoms with Crippen molar-refractivity contribution >= 4 is 34.5 Å². The Morgan fingerprint density at radius 1 is 1.13 bits per heavy atom. The van der Waals surface area contributed by atoms with Gasteiger partial charge in [-0.3, -0.25) is 4.79 Å². The number of rotatable bonds is 3. The smallest absolute Gasteiger partial charge is 0.255 e. The van der Waals surface area contributed by atoms with Crippen LogP contribution in [0.3, 0.4) is 0 Å². The number of para-hydroxylation sites is 1. The largest absolute Gasteiger partial charge is 0.320 e. The van der Waals surface area contributed by atoms with Crippen LogP contribution in [-0.2, 0) is 0 Å². The fourth-order valence-corrected chi connectivity index (χ4v) is 3.16. The van der Waals surface area contributed by atoms with Gasteiger partial charge in [0.05, 0.1) is 21.4 Å². The summed E-state index contributed by atoms with van der Waals surface area (Å²) in [5.41, 5.74) is 4.10. The van der Waals surface area contributed by atoms with Gasteiger partial charge in [0, 0.05) is 16.5 Å². The molecule has 1 amide bonds. The normalized spacial score (nSPS) is 10.6. The minimum atomic E-state index is -0.179. The summed E-state index contributed by atoms with van der Waals surface area (Å²) >= 11 is 7.76. The molecule has 1 heterocycles. The molecule has 116 valence electrons. The second kappa shape index (κ2) is 6.52. The number of nitrogens with zero attached hydrogens (tertiary/aromatic N) is 1. The molecule has 1 N–H and O–H groups in total. The highest BCUT2D eigenvalue weighted by Gasteiger charge is 2.11. The van der Waals surface area contributed by atoms with Crippen molar-refractivity contribution < 1.29 is 4.79 Å². The van der Waals surface area contributed by atoms with Crippen LogP contribution in [0, 0.1) is 13.8 Å². The van der Waals surface area contributed by atoms with Crippen LogP contribution in [0.1, 0.15) is 20.9 Å². The minimum absolute atomic E-state index is 0.179. The lowest BCUT2D eigenvalue weighted by Gasteiger charge is -2.10. The van der Waals surface area contributed by atoms with E-state index in [0.717, 1.165) is 21.8 Å². The Balaban J connectivity index is 1.81. The summed E-state index contributed by atoms with van der Waals surface area (Å²) in [5, 5.41) is 6.44. The van der Waals surface area contributed by atoms with Gasteiger partial charge in [-0.1, -0.05) is 35.9 Å². The number of hydrogen-bond acceptors (Lipinski definition) is 3. The molecule has 0 aliphatic carbocycles. The van der Waals surface area contributed by atoms with Crippen LogP contribution in [0.15, 0.2) is 47.8 Å². The van der Waals surface area contributed by atoms with Crippen molar-refractivity contribution in [3.8, 4) is 11.3 Å². The standard InChI is InChI=1S/C18H15ClN2OS/c1-11-4-3-5-15(19)17(11)21-18(22)14-8-6-13(7-9-14)16-10-23-12(2)20-16/h3-10H,1-2H3,(H,21,22). The highest BCUT2D eigenvalue weighted by molar-refractivity contribution is 7.09. The summed E-state index contributed by atoms with van der Waals surface area (Å²) in [6, 6.07) is 12.9. The third kappa shape index (κ3) is 3.44. The number of halogens is 1. The first-order valence-corrected chi connectivity index (χ1v) is 8.39. The van der Waals surface area contributed by atoms with E-state index < -0.39 is 0 Å². The fourth-order valence-electron chi connectivity index (χ4n) is 2.26. The molecule has 0 bridgehead atoms. The number of aryl methyl sites for hydroxylation is 2. The van der Waals surface area contributed by atoms with E-state index in [1.54, 1.807) is 29.5 Å². The molecule has 3 nitrogen and oxygen atoms in total. The van der Waals surface area contributed by atoms with E-state index in [9.17, 15) is 4.79 Å². The Kier molecular flexibility index (Phi) is 4.46. The number of amides is 1. The lowest BCUT2D eigenvalue weighted by molar-refractivity contribution is 0.102. The second-order valence-corrected chi connectivity index (χ2v) is 6.68. The number of aromatic nitrogens is 1. The van der Waals surface area contributed by atoms with Crippen molar-refractivity contribution in [2.75, 3.05) is 5.32 Å². The highest BCUT2D eigenvalue weighted by atomic mass is 35.5. The summed E-state index contributed by atoms with van der Waals surface area (Å²) in [7, 11) is 0. The van der Waals surface area contributed by atoms with Gasteiger partial charge >= 0.3 is 0 Å². The number of carbonyl (C=O) groups excluding carboxylic acids is 1. The minimum Gasteiger partial charge on any atom is -0.320 e. The zero-order valence-electron chi connectivity index (χ0n) is 12.8. The summed E-state index contributed by atoms with van der Waals surface area (Å²) in [6.45, 7) is 3.89. The molecule has 0 saturated carbocycles. The van der Waals surface area contributed by atoms with Gasteiger partial charge in [-0.25, -0.2) is 4.98 Å². The first kappa shape index (κ1) is 15.7.